The monoisotopic (exact) mass is 504 g/mol. The lowest BCUT2D eigenvalue weighted by Gasteiger charge is -2.04. The molecular formula is C30H17BrOS. The lowest BCUT2D eigenvalue weighted by atomic mass is 9.99. The summed E-state index contributed by atoms with van der Waals surface area (Å²) in [4.78, 5) is 0. The average molecular weight is 505 g/mol. The van der Waals surface area contributed by atoms with Crippen molar-refractivity contribution in [2.24, 2.45) is 0 Å². The summed E-state index contributed by atoms with van der Waals surface area (Å²) in [5, 5.41) is 4.95. The van der Waals surface area contributed by atoms with Crippen molar-refractivity contribution in [1.82, 2.24) is 0 Å². The number of benzene rings is 5. The molecule has 3 heteroatoms. The molecule has 2 heterocycles. The third kappa shape index (κ3) is 3.12. The Balaban J connectivity index is 1.40. The molecule has 156 valence electrons. The quantitative estimate of drug-likeness (QED) is 0.228. The molecule has 0 aliphatic rings. The Morgan fingerprint density at radius 2 is 1.03 bits per heavy atom. The fourth-order valence-electron chi connectivity index (χ4n) is 4.68. The molecule has 0 saturated heterocycles. The van der Waals surface area contributed by atoms with Crippen molar-refractivity contribution in [3.05, 3.63) is 108 Å². The zero-order valence-corrected chi connectivity index (χ0v) is 19.9. The van der Waals surface area contributed by atoms with Crippen molar-refractivity contribution in [2.75, 3.05) is 0 Å². The van der Waals surface area contributed by atoms with Crippen LogP contribution >= 0.6 is 27.3 Å². The van der Waals surface area contributed by atoms with Crippen LogP contribution in [0.25, 0.3) is 64.4 Å². The Hall–Kier alpha value is -3.40. The van der Waals surface area contributed by atoms with Crippen molar-refractivity contribution in [1.29, 1.82) is 0 Å². The van der Waals surface area contributed by atoms with Crippen LogP contribution in [0.2, 0.25) is 0 Å². The van der Waals surface area contributed by atoms with E-state index in [4.69, 9.17) is 4.42 Å². The van der Waals surface area contributed by atoms with Crippen LogP contribution in [0.1, 0.15) is 0 Å². The molecule has 7 rings (SSSR count). The molecule has 7 aromatic rings. The van der Waals surface area contributed by atoms with E-state index in [-0.39, 0.29) is 0 Å². The fourth-order valence-corrected chi connectivity index (χ4v) is 6.04. The maximum atomic E-state index is 6.16. The van der Waals surface area contributed by atoms with Gasteiger partial charge in [-0.2, -0.15) is 0 Å². The van der Waals surface area contributed by atoms with E-state index in [9.17, 15) is 0 Å². The highest BCUT2D eigenvalue weighted by Crippen LogP contribution is 2.38. The molecule has 0 fully saturated rings. The second kappa shape index (κ2) is 7.31. The van der Waals surface area contributed by atoms with Gasteiger partial charge in [-0.05, 0) is 76.9 Å². The number of hydrogen-bond acceptors (Lipinski definition) is 2. The topological polar surface area (TPSA) is 13.1 Å². The number of hydrogen-bond donors (Lipinski definition) is 0. The number of halogens is 1. The molecule has 0 N–H and O–H groups in total. The van der Waals surface area contributed by atoms with E-state index in [0.717, 1.165) is 26.4 Å². The average Bonchev–Trinajstić information content (AvgIpc) is 3.41. The minimum Gasteiger partial charge on any atom is -0.456 e. The molecule has 5 aromatic carbocycles. The first kappa shape index (κ1) is 19.1. The van der Waals surface area contributed by atoms with E-state index >= 15 is 0 Å². The normalized spacial score (nSPS) is 11.8. The summed E-state index contributed by atoms with van der Waals surface area (Å²) in [6.07, 6.45) is 0. The molecular weight excluding hydrogens is 488 g/mol. The molecule has 0 aliphatic heterocycles. The highest BCUT2D eigenvalue weighted by Gasteiger charge is 2.12. The SMILES string of the molecule is Brc1ccc(-c2ccc3oc4ccc(-c5ccc6sc7ccccc7c6c5)cc4c3c2)cc1. The molecule has 33 heavy (non-hydrogen) atoms. The minimum absolute atomic E-state index is 0.919. The second-order valence-corrected chi connectivity index (χ2v) is 10.3. The largest absolute Gasteiger partial charge is 0.456 e. The minimum atomic E-state index is 0.919. The van der Waals surface area contributed by atoms with Gasteiger partial charge in [-0.3, -0.25) is 0 Å². The summed E-state index contributed by atoms with van der Waals surface area (Å²) in [7, 11) is 0. The van der Waals surface area contributed by atoms with Gasteiger partial charge in [-0.25, -0.2) is 0 Å². The van der Waals surface area contributed by atoms with Crippen LogP contribution in [0.5, 0.6) is 0 Å². The van der Waals surface area contributed by atoms with Crippen molar-refractivity contribution in [2.45, 2.75) is 0 Å². The molecule has 0 unspecified atom stereocenters. The van der Waals surface area contributed by atoms with Crippen LogP contribution in [0.15, 0.2) is 112 Å². The summed E-state index contributed by atoms with van der Waals surface area (Å²) < 4.78 is 9.91. The molecule has 2 aromatic heterocycles. The highest BCUT2D eigenvalue weighted by molar-refractivity contribution is 9.10. The van der Waals surface area contributed by atoms with Gasteiger partial charge >= 0.3 is 0 Å². The van der Waals surface area contributed by atoms with Crippen LogP contribution < -0.4 is 0 Å². The Kier molecular flexibility index (Phi) is 4.23. The van der Waals surface area contributed by atoms with Crippen LogP contribution in [-0.2, 0) is 0 Å². The molecule has 0 spiro atoms. The third-order valence-corrected chi connectivity index (χ3v) is 8.04. The maximum absolute atomic E-state index is 6.16. The van der Waals surface area contributed by atoms with Crippen LogP contribution in [-0.4, -0.2) is 0 Å². The zero-order chi connectivity index (χ0) is 21.9. The standard InChI is InChI=1S/C30H17BrOS/c31-22-10-5-18(6-11-22)19-7-12-27-24(15-19)25-16-20(8-13-28(25)32-27)21-9-14-30-26(17-21)23-3-1-2-4-29(23)33-30/h1-17H. The van der Waals surface area contributed by atoms with Gasteiger partial charge in [0.2, 0.25) is 0 Å². The first-order valence-corrected chi connectivity index (χ1v) is 12.5. The lowest BCUT2D eigenvalue weighted by Crippen LogP contribution is -1.79. The molecule has 0 aliphatic carbocycles. The zero-order valence-electron chi connectivity index (χ0n) is 17.5. The highest BCUT2D eigenvalue weighted by atomic mass is 79.9. The van der Waals surface area contributed by atoms with E-state index in [1.54, 1.807) is 0 Å². The molecule has 1 nitrogen and oxygen atoms in total. The summed E-state index contributed by atoms with van der Waals surface area (Å²) in [5.41, 5.74) is 6.66. The Labute approximate surface area is 203 Å². The van der Waals surface area contributed by atoms with Gasteiger partial charge in [0.1, 0.15) is 11.2 Å². The summed E-state index contributed by atoms with van der Waals surface area (Å²) in [5.74, 6) is 0. The smallest absolute Gasteiger partial charge is 0.135 e. The van der Waals surface area contributed by atoms with Gasteiger partial charge in [-0.15, -0.1) is 11.3 Å². The Bertz CT molecular complexity index is 1820. The summed E-state index contributed by atoms with van der Waals surface area (Å²) >= 11 is 5.38. The molecule has 0 amide bonds. The van der Waals surface area contributed by atoms with Crippen molar-refractivity contribution in [3.63, 3.8) is 0 Å². The number of thiophene rings is 1. The molecule has 0 bridgehead atoms. The van der Waals surface area contributed by atoms with E-state index in [0.29, 0.717) is 0 Å². The Morgan fingerprint density at radius 3 is 1.76 bits per heavy atom. The first-order chi connectivity index (χ1) is 16.2. The summed E-state index contributed by atoms with van der Waals surface area (Å²) in [6, 6.07) is 36.9. The maximum Gasteiger partial charge on any atom is 0.135 e. The van der Waals surface area contributed by atoms with Crippen molar-refractivity contribution >= 4 is 69.4 Å². The first-order valence-electron chi connectivity index (χ1n) is 10.9. The van der Waals surface area contributed by atoms with Crippen molar-refractivity contribution in [3.8, 4) is 22.3 Å². The molecule has 0 saturated carbocycles. The van der Waals surface area contributed by atoms with Gasteiger partial charge in [0, 0.05) is 35.4 Å². The van der Waals surface area contributed by atoms with Crippen LogP contribution in [0.4, 0.5) is 0 Å². The predicted molar refractivity (Wildman–Crippen MR) is 145 cm³/mol. The van der Waals surface area contributed by atoms with Gasteiger partial charge < -0.3 is 4.42 Å². The van der Waals surface area contributed by atoms with Gasteiger partial charge in [-0.1, -0.05) is 64.5 Å². The van der Waals surface area contributed by atoms with Crippen LogP contribution in [0.3, 0.4) is 0 Å². The van der Waals surface area contributed by atoms with E-state index < -0.39 is 0 Å². The Morgan fingerprint density at radius 1 is 0.485 bits per heavy atom. The predicted octanol–water partition coefficient (Wildman–Crippen LogP) is 10.1. The summed E-state index contributed by atoms with van der Waals surface area (Å²) in [6.45, 7) is 0. The second-order valence-electron chi connectivity index (χ2n) is 8.34. The number of rotatable bonds is 2. The van der Waals surface area contributed by atoms with Gasteiger partial charge in [0.15, 0.2) is 0 Å². The van der Waals surface area contributed by atoms with Crippen molar-refractivity contribution < 1.29 is 4.42 Å². The fraction of sp³-hybridized carbons (Fsp3) is 0. The van der Waals surface area contributed by atoms with E-state index in [1.807, 2.05) is 11.3 Å². The lowest BCUT2D eigenvalue weighted by molar-refractivity contribution is 0.669. The van der Waals surface area contributed by atoms with Crippen LogP contribution in [0, 0.1) is 0 Å². The number of furan rings is 1. The number of fused-ring (bicyclic) bond motifs is 6. The third-order valence-electron chi connectivity index (χ3n) is 6.36. The van der Waals surface area contributed by atoms with E-state index in [1.165, 1.54) is 42.4 Å². The molecule has 0 atom stereocenters. The van der Waals surface area contributed by atoms with Gasteiger partial charge in [0.05, 0.1) is 0 Å². The van der Waals surface area contributed by atoms with Gasteiger partial charge in [0.25, 0.3) is 0 Å². The van der Waals surface area contributed by atoms with E-state index in [2.05, 4.69) is 119 Å². The molecule has 0 radical (unpaired) electrons.